The van der Waals surface area contributed by atoms with Crippen molar-refractivity contribution in [3.63, 3.8) is 0 Å². The van der Waals surface area contributed by atoms with Crippen LogP contribution in [0, 0.1) is 23.6 Å². The Kier molecular flexibility index (Phi) is 6.56. The van der Waals surface area contributed by atoms with Crippen LogP contribution in [0.25, 0.3) is 0 Å². The summed E-state index contributed by atoms with van der Waals surface area (Å²) in [5, 5.41) is 11.3. The highest BCUT2D eigenvalue weighted by Gasteiger charge is 2.77. The van der Waals surface area contributed by atoms with E-state index in [4.69, 9.17) is 27.9 Å². The van der Waals surface area contributed by atoms with Crippen LogP contribution in [0.5, 0.6) is 11.5 Å². The number of aromatic hydroxyl groups is 1. The summed E-state index contributed by atoms with van der Waals surface area (Å²) in [5.41, 5.74) is 0.774. The van der Waals surface area contributed by atoms with E-state index in [1.54, 1.807) is 19.1 Å². The summed E-state index contributed by atoms with van der Waals surface area (Å²) in [4.78, 5) is 53.0. The number of fused-ring (bicyclic) bond motifs is 4. The zero-order chi connectivity index (χ0) is 29.6. The van der Waals surface area contributed by atoms with E-state index < -0.39 is 51.1 Å². The maximum Gasteiger partial charge on any atom is 0.258 e. The van der Waals surface area contributed by atoms with Crippen LogP contribution >= 0.6 is 39.1 Å². The number of ether oxygens (including phenoxy) is 1. The average Bonchev–Trinajstić information content (AvgIpc) is 3.28. The van der Waals surface area contributed by atoms with Crippen molar-refractivity contribution in [2.45, 2.75) is 35.4 Å². The fraction of sp³-hybridized carbons (Fsp3) is 0.379. The lowest BCUT2D eigenvalue weighted by molar-refractivity contribution is -0.140. The molecule has 1 saturated carbocycles. The molecule has 12 heteroatoms. The SMILES string of the molecule is CCN1C(=O)[C@H]2[C@H](CC=C3[C@H]2C[C@@]2(Cl)C(=O)N(c4ccc(F)cc4)C(=O)[C@@]2(Cl)[C@H]3c2cc(Br)cc(OC)c2O)C1=O. The van der Waals surface area contributed by atoms with E-state index >= 15 is 0 Å². The Morgan fingerprint density at radius 2 is 1.76 bits per heavy atom. The van der Waals surface area contributed by atoms with Gasteiger partial charge in [0.25, 0.3) is 11.8 Å². The minimum Gasteiger partial charge on any atom is -0.504 e. The van der Waals surface area contributed by atoms with Gasteiger partial charge in [0.05, 0.1) is 24.6 Å². The fourth-order valence-corrected chi connectivity index (χ4v) is 8.47. The number of halogens is 4. The molecule has 0 spiro atoms. The number of nitrogens with zero attached hydrogens (tertiary/aromatic N) is 2. The van der Waals surface area contributed by atoms with Crippen LogP contribution in [-0.2, 0) is 19.2 Å². The van der Waals surface area contributed by atoms with Gasteiger partial charge in [-0.15, -0.1) is 23.2 Å². The van der Waals surface area contributed by atoms with Gasteiger partial charge in [0.1, 0.15) is 5.82 Å². The summed E-state index contributed by atoms with van der Waals surface area (Å²) in [7, 11) is 1.37. The van der Waals surface area contributed by atoms with Gasteiger partial charge in [-0.2, -0.15) is 0 Å². The second-order valence-corrected chi connectivity index (χ2v) is 12.9. The van der Waals surface area contributed by atoms with Crippen molar-refractivity contribution in [2.24, 2.45) is 17.8 Å². The van der Waals surface area contributed by atoms with E-state index in [2.05, 4.69) is 15.9 Å². The van der Waals surface area contributed by atoms with E-state index in [1.807, 2.05) is 0 Å². The van der Waals surface area contributed by atoms with E-state index in [1.165, 1.54) is 30.2 Å². The Morgan fingerprint density at radius 3 is 2.39 bits per heavy atom. The molecule has 6 rings (SSSR count). The second-order valence-electron chi connectivity index (χ2n) is 10.7. The second kappa shape index (κ2) is 9.54. The van der Waals surface area contributed by atoms with E-state index in [9.17, 15) is 28.7 Å². The number of likely N-dealkylation sites (tertiary alicyclic amines) is 1. The van der Waals surface area contributed by atoms with Gasteiger partial charge in [-0.1, -0.05) is 27.6 Å². The van der Waals surface area contributed by atoms with Crippen LogP contribution in [0.3, 0.4) is 0 Å². The number of alkyl halides is 2. The molecule has 2 aliphatic carbocycles. The van der Waals surface area contributed by atoms with Gasteiger partial charge in [0.2, 0.25) is 11.8 Å². The number of allylic oxidation sites excluding steroid dienone is 2. The van der Waals surface area contributed by atoms with Crippen LogP contribution in [-0.4, -0.2) is 57.0 Å². The molecule has 6 atom stereocenters. The predicted octanol–water partition coefficient (Wildman–Crippen LogP) is 4.89. The van der Waals surface area contributed by atoms with Gasteiger partial charge in [0.15, 0.2) is 21.2 Å². The molecule has 0 unspecified atom stereocenters. The number of carbonyl (C=O) groups is 4. The average molecular weight is 666 g/mol. The van der Waals surface area contributed by atoms with Crippen molar-refractivity contribution in [3.05, 3.63) is 63.9 Å². The number of benzene rings is 2. The van der Waals surface area contributed by atoms with Crippen molar-refractivity contribution >= 4 is 68.4 Å². The first kappa shape index (κ1) is 28.2. The number of carbonyl (C=O) groups excluding carboxylic acids is 4. The Balaban J connectivity index is 1.61. The topological polar surface area (TPSA) is 104 Å². The lowest BCUT2D eigenvalue weighted by Gasteiger charge is -2.50. The number of imide groups is 2. The molecule has 4 aliphatic rings. The quantitative estimate of drug-likeness (QED) is 0.284. The number of anilines is 1. The summed E-state index contributed by atoms with van der Waals surface area (Å²) >= 11 is 18.0. The van der Waals surface area contributed by atoms with Crippen LogP contribution in [0.15, 0.2) is 52.5 Å². The van der Waals surface area contributed by atoms with Crippen molar-refractivity contribution in [1.82, 2.24) is 4.90 Å². The molecule has 0 radical (unpaired) electrons. The number of phenolic OH excluding ortho intramolecular Hbond substituents is 1. The number of hydrogen-bond donors (Lipinski definition) is 1. The molecule has 4 amide bonds. The summed E-state index contributed by atoms with van der Waals surface area (Å²) in [6, 6.07) is 7.87. The predicted molar refractivity (Wildman–Crippen MR) is 151 cm³/mol. The Hall–Kier alpha value is -2.95. The molecule has 0 bridgehead atoms. The maximum atomic E-state index is 14.3. The first-order valence-electron chi connectivity index (χ1n) is 13.0. The van der Waals surface area contributed by atoms with Gasteiger partial charge in [0, 0.05) is 22.5 Å². The summed E-state index contributed by atoms with van der Waals surface area (Å²) in [6.07, 6.45) is 1.80. The number of rotatable bonds is 4. The molecule has 1 N–H and O–H groups in total. The van der Waals surface area contributed by atoms with Gasteiger partial charge in [-0.3, -0.25) is 24.1 Å². The summed E-state index contributed by atoms with van der Waals surface area (Å²) in [6.45, 7) is 1.91. The third kappa shape index (κ3) is 3.63. The monoisotopic (exact) mass is 664 g/mol. The number of phenols is 1. The molecule has 2 saturated heterocycles. The molecular formula is C29H24BrCl2FN2O6. The molecule has 0 aromatic heterocycles. The van der Waals surface area contributed by atoms with Crippen LogP contribution in [0.1, 0.15) is 31.2 Å². The summed E-state index contributed by atoms with van der Waals surface area (Å²) < 4.78 is 19.6. The number of amides is 4. The highest BCUT2D eigenvalue weighted by atomic mass is 79.9. The van der Waals surface area contributed by atoms with Crippen LogP contribution in [0.2, 0.25) is 0 Å². The van der Waals surface area contributed by atoms with E-state index in [0.29, 0.717) is 10.0 Å². The smallest absolute Gasteiger partial charge is 0.258 e. The standard InChI is InChI=1S/C29H24BrCl2FN2O6/c1-3-34-24(37)17-9-8-16-19(21(17)25(34)38)12-28(31)26(39)35(15-6-4-14(33)5-7-15)27(40)29(28,32)22(16)18-10-13(30)11-20(41-2)23(18)36/h4-8,10-11,17,19,21-22,36H,3,9,12H2,1-2H3/t17-,19+,21-,22+,28+,29-/m0/s1. The molecule has 2 aromatic carbocycles. The summed E-state index contributed by atoms with van der Waals surface area (Å²) in [5.74, 6) is -6.53. The van der Waals surface area contributed by atoms with Crippen molar-refractivity contribution in [2.75, 3.05) is 18.6 Å². The Bertz CT molecular complexity index is 1570. The number of methoxy groups -OCH3 is 1. The third-order valence-corrected chi connectivity index (χ3v) is 10.8. The van der Waals surface area contributed by atoms with Gasteiger partial charge in [-0.05, 0) is 62.1 Å². The van der Waals surface area contributed by atoms with E-state index in [0.717, 1.165) is 17.0 Å². The lowest BCUT2D eigenvalue weighted by atomic mass is 9.56. The molecule has 41 heavy (non-hydrogen) atoms. The molecule has 3 fully saturated rings. The first-order valence-corrected chi connectivity index (χ1v) is 14.6. The molecule has 2 aromatic rings. The zero-order valence-corrected chi connectivity index (χ0v) is 25.0. The van der Waals surface area contributed by atoms with Crippen molar-refractivity contribution < 1.29 is 33.4 Å². The molecule has 8 nitrogen and oxygen atoms in total. The minimum absolute atomic E-state index is 0.0738. The minimum atomic E-state index is -2.16. The molecule has 2 aliphatic heterocycles. The van der Waals surface area contributed by atoms with Crippen molar-refractivity contribution in [3.8, 4) is 11.5 Å². The molecule has 214 valence electrons. The lowest BCUT2D eigenvalue weighted by Crippen LogP contribution is -2.60. The first-order chi connectivity index (χ1) is 19.4. The highest BCUT2D eigenvalue weighted by Crippen LogP contribution is 2.67. The Morgan fingerprint density at radius 1 is 1.07 bits per heavy atom. The van der Waals surface area contributed by atoms with Gasteiger partial charge >= 0.3 is 0 Å². The van der Waals surface area contributed by atoms with Crippen LogP contribution < -0.4 is 9.64 Å². The maximum absolute atomic E-state index is 14.3. The highest BCUT2D eigenvalue weighted by molar-refractivity contribution is 9.10. The fourth-order valence-electron chi connectivity index (χ4n) is 7.09. The largest absolute Gasteiger partial charge is 0.504 e. The van der Waals surface area contributed by atoms with Gasteiger partial charge < -0.3 is 9.84 Å². The van der Waals surface area contributed by atoms with E-state index in [-0.39, 0.29) is 54.0 Å². The van der Waals surface area contributed by atoms with Gasteiger partial charge in [-0.25, -0.2) is 9.29 Å². The normalized spacial score (nSPS) is 32.6. The molecule has 2 heterocycles. The van der Waals surface area contributed by atoms with Crippen LogP contribution in [0.4, 0.5) is 10.1 Å². The Labute approximate surface area is 253 Å². The third-order valence-electron chi connectivity index (χ3n) is 8.90. The molecular weight excluding hydrogens is 642 g/mol. The zero-order valence-electron chi connectivity index (χ0n) is 21.9. The van der Waals surface area contributed by atoms with Crippen molar-refractivity contribution in [1.29, 1.82) is 0 Å². The number of hydrogen-bond acceptors (Lipinski definition) is 6.